The Kier molecular flexibility index (Phi) is 2.07. The van der Waals surface area contributed by atoms with E-state index < -0.39 is 0 Å². The molecule has 0 atom stereocenters. The number of halogens is 2. The summed E-state index contributed by atoms with van der Waals surface area (Å²) >= 11 is 5.87. The van der Waals surface area contributed by atoms with Gasteiger partial charge in [0.1, 0.15) is 5.82 Å². The van der Waals surface area contributed by atoms with Crippen LogP contribution in [0.25, 0.3) is 0 Å². The SMILES string of the molecule is N=C(N)N1Cc2cc(F)cc(Cl)c2C1. The minimum Gasteiger partial charge on any atom is -0.370 e. The lowest BCUT2D eigenvalue weighted by atomic mass is 10.1. The molecule has 1 aromatic rings. The van der Waals surface area contributed by atoms with Crippen molar-refractivity contribution in [3.8, 4) is 0 Å². The van der Waals surface area contributed by atoms with E-state index in [2.05, 4.69) is 0 Å². The smallest absolute Gasteiger partial charge is 0.188 e. The highest BCUT2D eigenvalue weighted by molar-refractivity contribution is 6.31. The molecule has 1 aliphatic rings. The molecule has 0 spiro atoms. The van der Waals surface area contributed by atoms with E-state index in [1.54, 1.807) is 4.90 Å². The van der Waals surface area contributed by atoms with Crippen molar-refractivity contribution in [2.45, 2.75) is 13.1 Å². The van der Waals surface area contributed by atoms with Gasteiger partial charge >= 0.3 is 0 Å². The zero-order valence-electron chi connectivity index (χ0n) is 7.35. The van der Waals surface area contributed by atoms with Gasteiger partial charge in [0.25, 0.3) is 0 Å². The quantitative estimate of drug-likeness (QED) is 0.509. The molecular formula is C9H9ClFN3. The van der Waals surface area contributed by atoms with E-state index in [0.29, 0.717) is 18.1 Å². The predicted molar refractivity (Wildman–Crippen MR) is 52.6 cm³/mol. The van der Waals surface area contributed by atoms with Crippen molar-refractivity contribution in [3.63, 3.8) is 0 Å². The molecule has 74 valence electrons. The third-order valence-electron chi connectivity index (χ3n) is 2.30. The van der Waals surface area contributed by atoms with Gasteiger partial charge in [-0.2, -0.15) is 0 Å². The van der Waals surface area contributed by atoms with Crippen LogP contribution in [-0.4, -0.2) is 10.9 Å². The minimum absolute atomic E-state index is 0.0160. The van der Waals surface area contributed by atoms with Crippen LogP contribution >= 0.6 is 11.6 Å². The van der Waals surface area contributed by atoms with Crippen molar-refractivity contribution in [1.29, 1.82) is 5.41 Å². The predicted octanol–water partition coefficient (Wildman–Crippen LogP) is 1.69. The fraction of sp³-hybridized carbons (Fsp3) is 0.222. The summed E-state index contributed by atoms with van der Waals surface area (Å²) in [6, 6.07) is 2.72. The molecule has 0 fully saturated rings. The van der Waals surface area contributed by atoms with Crippen LogP contribution in [0.1, 0.15) is 11.1 Å². The lowest BCUT2D eigenvalue weighted by Crippen LogP contribution is -2.31. The molecule has 0 aliphatic carbocycles. The molecule has 0 amide bonds. The number of nitrogens with two attached hydrogens (primary N) is 1. The Bertz CT molecular complexity index is 405. The Hall–Kier alpha value is -1.29. The van der Waals surface area contributed by atoms with E-state index >= 15 is 0 Å². The van der Waals surface area contributed by atoms with Gasteiger partial charge in [-0.25, -0.2) is 4.39 Å². The van der Waals surface area contributed by atoms with E-state index in [9.17, 15) is 4.39 Å². The summed E-state index contributed by atoms with van der Waals surface area (Å²) in [5.41, 5.74) is 7.01. The largest absolute Gasteiger partial charge is 0.370 e. The summed E-state index contributed by atoms with van der Waals surface area (Å²) in [6.07, 6.45) is 0. The first kappa shape index (κ1) is 9.27. The van der Waals surface area contributed by atoms with Gasteiger partial charge in [0, 0.05) is 18.1 Å². The van der Waals surface area contributed by atoms with Gasteiger partial charge in [0.05, 0.1) is 0 Å². The summed E-state index contributed by atoms with van der Waals surface area (Å²) in [5.74, 6) is -0.364. The molecule has 2 rings (SSSR count). The number of fused-ring (bicyclic) bond motifs is 1. The molecule has 3 N–H and O–H groups in total. The van der Waals surface area contributed by atoms with E-state index in [4.69, 9.17) is 22.7 Å². The molecule has 3 nitrogen and oxygen atoms in total. The summed E-state index contributed by atoms with van der Waals surface area (Å²) in [4.78, 5) is 1.63. The van der Waals surface area contributed by atoms with Crippen LogP contribution in [0.2, 0.25) is 5.02 Å². The molecule has 0 bridgehead atoms. The Morgan fingerprint density at radius 3 is 2.86 bits per heavy atom. The third-order valence-corrected chi connectivity index (χ3v) is 2.64. The van der Waals surface area contributed by atoms with Crippen molar-refractivity contribution in [2.75, 3.05) is 0 Å². The second kappa shape index (κ2) is 3.13. The molecule has 5 heteroatoms. The minimum atomic E-state index is -0.348. The Balaban J connectivity index is 2.39. The molecule has 0 saturated heterocycles. The molecule has 0 saturated carbocycles. The number of hydrogen-bond acceptors (Lipinski definition) is 1. The first-order valence-corrected chi connectivity index (χ1v) is 4.51. The molecule has 1 aliphatic heterocycles. The van der Waals surface area contributed by atoms with Gasteiger partial charge in [-0.3, -0.25) is 5.41 Å². The average molecular weight is 214 g/mol. The van der Waals surface area contributed by atoms with Crippen molar-refractivity contribution < 1.29 is 4.39 Å². The summed E-state index contributed by atoms with van der Waals surface area (Å²) in [7, 11) is 0. The topological polar surface area (TPSA) is 53.1 Å². The molecule has 1 aromatic carbocycles. The molecule has 14 heavy (non-hydrogen) atoms. The normalized spacial score (nSPS) is 14.3. The highest BCUT2D eigenvalue weighted by Crippen LogP contribution is 2.29. The Morgan fingerprint density at radius 2 is 2.21 bits per heavy atom. The zero-order chi connectivity index (χ0) is 10.3. The molecule has 0 unspecified atom stereocenters. The third kappa shape index (κ3) is 1.42. The van der Waals surface area contributed by atoms with E-state index in [-0.39, 0.29) is 11.8 Å². The van der Waals surface area contributed by atoms with Gasteiger partial charge in [0.2, 0.25) is 0 Å². The van der Waals surface area contributed by atoms with Crippen molar-refractivity contribution in [1.82, 2.24) is 4.90 Å². The van der Waals surface area contributed by atoms with Crippen molar-refractivity contribution in [3.05, 3.63) is 34.1 Å². The Labute approximate surface area is 85.8 Å². The van der Waals surface area contributed by atoms with Crippen LogP contribution in [0.4, 0.5) is 4.39 Å². The van der Waals surface area contributed by atoms with Crippen molar-refractivity contribution >= 4 is 17.6 Å². The van der Waals surface area contributed by atoms with Crippen LogP contribution in [0.3, 0.4) is 0 Å². The van der Waals surface area contributed by atoms with Crippen LogP contribution in [0, 0.1) is 11.2 Å². The molecule has 0 radical (unpaired) electrons. The average Bonchev–Trinajstić information content (AvgIpc) is 2.47. The van der Waals surface area contributed by atoms with Gasteiger partial charge in [-0.1, -0.05) is 11.6 Å². The lowest BCUT2D eigenvalue weighted by molar-refractivity contribution is 0.439. The van der Waals surface area contributed by atoms with Gasteiger partial charge in [0.15, 0.2) is 5.96 Å². The number of benzene rings is 1. The molecule has 1 heterocycles. The zero-order valence-corrected chi connectivity index (χ0v) is 8.11. The molecular weight excluding hydrogens is 205 g/mol. The monoisotopic (exact) mass is 213 g/mol. The summed E-state index contributed by atoms with van der Waals surface area (Å²) < 4.78 is 13.0. The van der Waals surface area contributed by atoms with Crippen LogP contribution in [-0.2, 0) is 13.1 Å². The maximum Gasteiger partial charge on any atom is 0.188 e. The highest BCUT2D eigenvalue weighted by atomic mass is 35.5. The van der Waals surface area contributed by atoms with E-state index in [0.717, 1.165) is 11.1 Å². The lowest BCUT2D eigenvalue weighted by Gasteiger charge is -2.13. The number of nitrogens with zero attached hydrogens (tertiary/aromatic N) is 1. The standard InChI is InChI=1S/C9H9ClFN3/c10-8-2-6(11)1-5-3-14(9(12)13)4-7(5)8/h1-2H,3-4H2,(H3,12,13). The van der Waals surface area contributed by atoms with Crippen LogP contribution < -0.4 is 5.73 Å². The van der Waals surface area contributed by atoms with Gasteiger partial charge in [-0.15, -0.1) is 0 Å². The first-order chi connectivity index (χ1) is 6.58. The number of guanidine groups is 1. The van der Waals surface area contributed by atoms with E-state index in [1.165, 1.54) is 12.1 Å². The van der Waals surface area contributed by atoms with Crippen LogP contribution in [0.5, 0.6) is 0 Å². The number of nitrogens with one attached hydrogen (secondary N) is 1. The van der Waals surface area contributed by atoms with Gasteiger partial charge < -0.3 is 10.6 Å². The van der Waals surface area contributed by atoms with E-state index in [1.807, 2.05) is 0 Å². The number of rotatable bonds is 0. The first-order valence-electron chi connectivity index (χ1n) is 4.13. The Morgan fingerprint density at radius 1 is 1.50 bits per heavy atom. The second-order valence-electron chi connectivity index (χ2n) is 3.27. The maximum atomic E-state index is 13.0. The maximum absolute atomic E-state index is 13.0. The van der Waals surface area contributed by atoms with Gasteiger partial charge in [-0.05, 0) is 23.3 Å². The summed E-state index contributed by atoms with van der Waals surface area (Å²) in [5, 5.41) is 7.66. The van der Waals surface area contributed by atoms with Crippen molar-refractivity contribution in [2.24, 2.45) is 5.73 Å². The van der Waals surface area contributed by atoms with Crippen LogP contribution in [0.15, 0.2) is 12.1 Å². The fourth-order valence-electron chi connectivity index (χ4n) is 1.60. The number of hydrogen-bond donors (Lipinski definition) is 2. The molecule has 0 aromatic heterocycles. The fourth-order valence-corrected chi connectivity index (χ4v) is 1.88. The summed E-state index contributed by atoms with van der Waals surface area (Å²) in [6.45, 7) is 0.950. The second-order valence-corrected chi connectivity index (χ2v) is 3.67. The highest BCUT2D eigenvalue weighted by Gasteiger charge is 2.22.